The minimum absolute atomic E-state index is 0.179. The number of benzene rings is 2. The molecule has 2 nitrogen and oxygen atoms in total. The van der Waals surface area contributed by atoms with Crippen molar-refractivity contribution in [3.05, 3.63) is 54.1 Å². The largest absolute Gasteiger partial charge is 0.543 e. The lowest BCUT2D eigenvalue weighted by Crippen LogP contribution is -2.43. The molecule has 0 amide bonds. The molecule has 0 aliphatic rings. The number of hydrogen-bond donors (Lipinski definition) is 0. The summed E-state index contributed by atoms with van der Waals surface area (Å²) in [5.41, 5.74) is 3.18. The molecule has 0 saturated carbocycles. The fourth-order valence-corrected chi connectivity index (χ4v) is 3.62. The molecule has 3 heteroatoms. The Labute approximate surface area is 145 Å². The lowest BCUT2D eigenvalue weighted by Gasteiger charge is -2.36. The number of furan rings is 1. The molecule has 0 fully saturated rings. The van der Waals surface area contributed by atoms with E-state index in [4.69, 9.17) is 8.84 Å². The Morgan fingerprint density at radius 2 is 1.67 bits per heavy atom. The molecule has 0 atom stereocenters. The van der Waals surface area contributed by atoms with Crippen LogP contribution in [0.4, 0.5) is 0 Å². The molecule has 126 valence electrons. The first-order chi connectivity index (χ1) is 11.2. The van der Waals surface area contributed by atoms with Crippen LogP contribution in [0.2, 0.25) is 18.1 Å². The number of para-hydroxylation sites is 1. The Balaban J connectivity index is 2.00. The van der Waals surface area contributed by atoms with Crippen LogP contribution in [0.15, 0.2) is 52.9 Å². The number of aryl methyl sites for hydroxylation is 1. The van der Waals surface area contributed by atoms with Gasteiger partial charge in [0.05, 0.1) is 0 Å². The van der Waals surface area contributed by atoms with E-state index < -0.39 is 8.32 Å². The zero-order valence-electron chi connectivity index (χ0n) is 15.4. The van der Waals surface area contributed by atoms with Gasteiger partial charge in [0.2, 0.25) is 8.32 Å². The maximum absolute atomic E-state index is 6.44. The van der Waals surface area contributed by atoms with Crippen LogP contribution in [-0.2, 0) is 0 Å². The van der Waals surface area contributed by atoms with Gasteiger partial charge in [0.1, 0.15) is 17.1 Å². The zero-order chi connectivity index (χ0) is 17.5. The molecule has 2 aromatic carbocycles. The van der Waals surface area contributed by atoms with Crippen LogP contribution in [0.3, 0.4) is 0 Å². The average Bonchev–Trinajstić information content (AvgIpc) is 2.84. The Morgan fingerprint density at radius 3 is 2.33 bits per heavy atom. The van der Waals surface area contributed by atoms with Gasteiger partial charge >= 0.3 is 0 Å². The predicted octanol–water partition coefficient (Wildman–Crippen LogP) is 6.79. The fourth-order valence-electron chi connectivity index (χ4n) is 2.60. The van der Waals surface area contributed by atoms with Gasteiger partial charge < -0.3 is 8.84 Å². The molecule has 0 unspecified atom stereocenters. The first-order valence-electron chi connectivity index (χ1n) is 8.47. The molecule has 3 rings (SSSR count). The lowest BCUT2D eigenvalue weighted by molar-refractivity contribution is 0.492. The lowest BCUT2D eigenvalue weighted by atomic mass is 10.1. The van der Waals surface area contributed by atoms with Gasteiger partial charge in [-0.3, -0.25) is 0 Å². The van der Waals surface area contributed by atoms with E-state index in [9.17, 15) is 0 Å². The van der Waals surface area contributed by atoms with Gasteiger partial charge in [0, 0.05) is 16.5 Å². The van der Waals surface area contributed by atoms with E-state index in [-0.39, 0.29) is 5.04 Å². The van der Waals surface area contributed by atoms with Gasteiger partial charge in [-0.2, -0.15) is 0 Å². The highest BCUT2D eigenvalue weighted by Crippen LogP contribution is 2.39. The summed E-state index contributed by atoms with van der Waals surface area (Å²) in [5.74, 6) is 1.86. The molecule has 24 heavy (non-hydrogen) atoms. The van der Waals surface area contributed by atoms with E-state index in [1.165, 1.54) is 10.9 Å². The predicted molar refractivity (Wildman–Crippen MR) is 104 cm³/mol. The van der Waals surface area contributed by atoms with Crippen molar-refractivity contribution < 1.29 is 8.84 Å². The molecule has 0 radical (unpaired) electrons. The molecule has 3 aromatic rings. The maximum Gasteiger partial charge on any atom is 0.250 e. The maximum atomic E-state index is 6.44. The summed E-state index contributed by atoms with van der Waals surface area (Å²) in [7, 11) is -1.85. The van der Waals surface area contributed by atoms with Gasteiger partial charge in [0.15, 0.2) is 0 Å². The molecule has 0 aliphatic carbocycles. The third-order valence-electron chi connectivity index (χ3n) is 5.12. The minimum atomic E-state index is -1.85. The van der Waals surface area contributed by atoms with Gasteiger partial charge in [-0.05, 0) is 43.3 Å². The van der Waals surface area contributed by atoms with Gasteiger partial charge in [-0.15, -0.1) is 0 Å². The smallest absolute Gasteiger partial charge is 0.250 e. The molecule has 1 aromatic heterocycles. The van der Waals surface area contributed by atoms with Crippen LogP contribution in [0.5, 0.6) is 5.75 Å². The van der Waals surface area contributed by atoms with E-state index in [0.29, 0.717) is 0 Å². The summed E-state index contributed by atoms with van der Waals surface area (Å²) < 4.78 is 12.5. The Kier molecular flexibility index (Phi) is 4.08. The van der Waals surface area contributed by atoms with Gasteiger partial charge in [0.25, 0.3) is 0 Å². The second-order valence-corrected chi connectivity index (χ2v) is 12.7. The van der Waals surface area contributed by atoms with Crippen LogP contribution in [0.1, 0.15) is 26.3 Å². The SMILES string of the molecule is Cc1c(-c2cccc(O[Si](C)(C)C(C)(C)C)c2)oc2ccccc12. The Hall–Kier alpha value is -2.00. The van der Waals surface area contributed by atoms with Crippen LogP contribution in [-0.4, -0.2) is 8.32 Å². The zero-order valence-corrected chi connectivity index (χ0v) is 16.4. The van der Waals surface area contributed by atoms with E-state index in [1.807, 2.05) is 30.3 Å². The second-order valence-electron chi connectivity index (χ2n) is 7.94. The van der Waals surface area contributed by atoms with E-state index in [2.05, 4.69) is 59.0 Å². The van der Waals surface area contributed by atoms with E-state index in [1.54, 1.807) is 0 Å². The molecular formula is C21H26O2Si. The third-order valence-corrected chi connectivity index (χ3v) is 9.48. The van der Waals surface area contributed by atoms with Crippen molar-refractivity contribution in [1.29, 1.82) is 0 Å². The molecular weight excluding hydrogens is 312 g/mol. The normalized spacial score (nSPS) is 12.6. The number of rotatable bonds is 3. The summed E-state index contributed by atoms with van der Waals surface area (Å²) in [6.07, 6.45) is 0. The molecule has 0 aliphatic heterocycles. The number of fused-ring (bicyclic) bond motifs is 1. The van der Waals surface area contributed by atoms with Gasteiger partial charge in [-0.25, -0.2) is 0 Å². The van der Waals surface area contributed by atoms with Crippen molar-refractivity contribution in [3.63, 3.8) is 0 Å². The quantitative estimate of drug-likeness (QED) is 0.490. The summed E-state index contributed by atoms with van der Waals surface area (Å²) >= 11 is 0. The van der Waals surface area contributed by atoms with Crippen molar-refractivity contribution in [2.24, 2.45) is 0 Å². The van der Waals surface area contributed by atoms with E-state index >= 15 is 0 Å². The van der Waals surface area contributed by atoms with Gasteiger partial charge in [-0.1, -0.05) is 51.1 Å². The second kappa shape index (κ2) is 5.82. The highest BCUT2D eigenvalue weighted by atomic mass is 28.4. The molecule has 0 N–H and O–H groups in total. The molecule has 1 heterocycles. The van der Waals surface area contributed by atoms with Crippen LogP contribution < -0.4 is 4.43 Å². The van der Waals surface area contributed by atoms with Crippen LogP contribution >= 0.6 is 0 Å². The van der Waals surface area contributed by atoms with Crippen molar-refractivity contribution >= 4 is 19.3 Å². The summed E-state index contributed by atoms with van der Waals surface area (Å²) in [6.45, 7) is 13.4. The highest BCUT2D eigenvalue weighted by molar-refractivity contribution is 6.74. The van der Waals surface area contributed by atoms with Crippen LogP contribution in [0.25, 0.3) is 22.3 Å². The first kappa shape index (κ1) is 16.8. The summed E-state index contributed by atoms with van der Waals surface area (Å²) in [5, 5.41) is 1.35. The standard InChI is InChI=1S/C21H26O2Si/c1-15-18-12-7-8-13-19(18)22-20(15)16-10-9-11-17(14-16)23-24(5,6)21(2,3)4/h7-14H,1-6H3. The summed E-state index contributed by atoms with van der Waals surface area (Å²) in [6, 6.07) is 16.5. The Morgan fingerprint density at radius 1 is 0.958 bits per heavy atom. The van der Waals surface area contributed by atoms with Crippen LogP contribution in [0, 0.1) is 6.92 Å². The third kappa shape index (κ3) is 3.01. The molecule has 0 saturated heterocycles. The monoisotopic (exact) mass is 338 g/mol. The Bertz CT molecular complexity index is 869. The van der Waals surface area contributed by atoms with Crippen molar-refractivity contribution in [2.75, 3.05) is 0 Å². The first-order valence-corrected chi connectivity index (χ1v) is 11.4. The topological polar surface area (TPSA) is 22.4 Å². The van der Waals surface area contributed by atoms with Crippen molar-refractivity contribution in [2.45, 2.75) is 45.8 Å². The minimum Gasteiger partial charge on any atom is -0.543 e. The van der Waals surface area contributed by atoms with E-state index in [0.717, 1.165) is 22.7 Å². The molecule has 0 spiro atoms. The average molecular weight is 339 g/mol. The van der Waals surface area contributed by atoms with Crippen molar-refractivity contribution in [1.82, 2.24) is 0 Å². The highest BCUT2D eigenvalue weighted by Gasteiger charge is 2.39. The van der Waals surface area contributed by atoms with Crippen molar-refractivity contribution in [3.8, 4) is 17.1 Å². The fraction of sp³-hybridized carbons (Fsp3) is 0.333. The summed E-state index contributed by atoms with van der Waals surface area (Å²) in [4.78, 5) is 0. The number of hydrogen-bond acceptors (Lipinski definition) is 2. The molecule has 0 bridgehead atoms.